The van der Waals surface area contributed by atoms with Gasteiger partial charge in [-0.25, -0.2) is 0 Å². The molecule has 0 radical (unpaired) electrons. The van der Waals surface area contributed by atoms with Crippen molar-refractivity contribution in [1.82, 2.24) is 15.1 Å². The van der Waals surface area contributed by atoms with Crippen molar-refractivity contribution < 1.29 is 0 Å². The summed E-state index contributed by atoms with van der Waals surface area (Å²) >= 11 is 0. The summed E-state index contributed by atoms with van der Waals surface area (Å²) in [6.07, 6.45) is 2.07. The predicted molar refractivity (Wildman–Crippen MR) is 84.1 cm³/mol. The lowest BCUT2D eigenvalue weighted by Crippen LogP contribution is -2.30. The largest absolute Gasteiger partial charge is 0.316 e. The lowest BCUT2D eigenvalue weighted by atomic mass is 9.97. The molecule has 2 aromatic rings. The van der Waals surface area contributed by atoms with E-state index in [9.17, 15) is 0 Å². The average Bonchev–Trinajstić information content (AvgIpc) is 2.66. The molecule has 0 amide bonds. The van der Waals surface area contributed by atoms with E-state index in [1.54, 1.807) is 0 Å². The highest BCUT2D eigenvalue weighted by atomic mass is 15.3. The van der Waals surface area contributed by atoms with Crippen LogP contribution in [0.25, 0.3) is 0 Å². The molecule has 3 heteroatoms. The van der Waals surface area contributed by atoms with Crippen LogP contribution in [0.3, 0.4) is 0 Å². The summed E-state index contributed by atoms with van der Waals surface area (Å²) in [5, 5.41) is 7.95. The van der Waals surface area contributed by atoms with E-state index in [0.717, 1.165) is 18.5 Å². The van der Waals surface area contributed by atoms with Gasteiger partial charge >= 0.3 is 0 Å². The Hall–Kier alpha value is -1.61. The maximum atomic E-state index is 4.51. The van der Waals surface area contributed by atoms with Gasteiger partial charge in [-0.1, -0.05) is 29.8 Å². The van der Waals surface area contributed by atoms with E-state index in [4.69, 9.17) is 0 Å². The molecular formula is C17H25N3. The molecule has 0 fully saturated rings. The molecule has 0 aliphatic heterocycles. The second-order valence-electron chi connectivity index (χ2n) is 5.65. The number of aryl methyl sites for hydroxylation is 3. The van der Waals surface area contributed by atoms with Gasteiger partial charge in [0.25, 0.3) is 0 Å². The summed E-state index contributed by atoms with van der Waals surface area (Å²) in [5.74, 6) is 0. The van der Waals surface area contributed by atoms with Gasteiger partial charge in [0.1, 0.15) is 0 Å². The highest BCUT2D eigenvalue weighted by Gasteiger charge is 2.15. The van der Waals surface area contributed by atoms with Crippen molar-refractivity contribution in [3.63, 3.8) is 0 Å². The third-order valence-corrected chi connectivity index (χ3v) is 4.12. The maximum Gasteiger partial charge on any atom is 0.0628 e. The summed E-state index contributed by atoms with van der Waals surface area (Å²) in [5.41, 5.74) is 6.49. The van der Waals surface area contributed by atoms with Crippen molar-refractivity contribution in [2.75, 3.05) is 7.05 Å². The topological polar surface area (TPSA) is 29.9 Å². The van der Waals surface area contributed by atoms with E-state index in [1.165, 1.54) is 22.4 Å². The third kappa shape index (κ3) is 3.28. The molecule has 3 nitrogen and oxygen atoms in total. The number of nitrogens with one attached hydrogen (secondary N) is 1. The van der Waals surface area contributed by atoms with Gasteiger partial charge in [0.15, 0.2) is 0 Å². The van der Waals surface area contributed by atoms with Crippen LogP contribution in [0.15, 0.2) is 24.3 Å². The summed E-state index contributed by atoms with van der Waals surface area (Å²) in [6, 6.07) is 9.26. The first-order valence-electron chi connectivity index (χ1n) is 7.23. The van der Waals surface area contributed by atoms with Gasteiger partial charge in [-0.2, -0.15) is 5.10 Å². The number of hydrogen-bond donors (Lipinski definition) is 1. The van der Waals surface area contributed by atoms with Crippen LogP contribution >= 0.6 is 0 Å². The highest BCUT2D eigenvalue weighted by molar-refractivity contribution is 5.27. The van der Waals surface area contributed by atoms with Crippen molar-refractivity contribution in [3.8, 4) is 0 Å². The molecule has 1 atom stereocenters. The van der Waals surface area contributed by atoms with E-state index >= 15 is 0 Å². The molecule has 1 aromatic heterocycles. The standard InChI is InChI=1S/C17H25N3/c1-12-6-8-15(9-7-12)10-16(18-4)11-17-13(2)19-20(5)14(17)3/h6-9,16,18H,10-11H2,1-5H3. The molecule has 0 aliphatic rings. The monoisotopic (exact) mass is 271 g/mol. The molecule has 0 bridgehead atoms. The number of rotatable bonds is 5. The summed E-state index contributed by atoms with van der Waals surface area (Å²) < 4.78 is 1.98. The number of nitrogens with zero attached hydrogens (tertiary/aromatic N) is 2. The number of likely N-dealkylation sites (N-methyl/N-ethyl adjacent to an activating group) is 1. The first-order valence-corrected chi connectivity index (χ1v) is 7.23. The zero-order chi connectivity index (χ0) is 14.7. The highest BCUT2D eigenvalue weighted by Crippen LogP contribution is 2.16. The Balaban J connectivity index is 2.11. The third-order valence-electron chi connectivity index (χ3n) is 4.12. The number of hydrogen-bond acceptors (Lipinski definition) is 2. The van der Waals surface area contributed by atoms with E-state index in [2.05, 4.69) is 55.5 Å². The minimum absolute atomic E-state index is 0.444. The van der Waals surface area contributed by atoms with Crippen LogP contribution < -0.4 is 5.32 Å². The molecule has 2 rings (SSSR count). The van der Waals surface area contributed by atoms with Crippen molar-refractivity contribution in [1.29, 1.82) is 0 Å². The maximum absolute atomic E-state index is 4.51. The van der Waals surface area contributed by atoms with Gasteiger partial charge in [-0.15, -0.1) is 0 Å². The Labute approximate surface area is 122 Å². The van der Waals surface area contributed by atoms with Gasteiger partial charge in [0.2, 0.25) is 0 Å². The van der Waals surface area contributed by atoms with Gasteiger partial charge in [0, 0.05) is 18.8 Å². The number of benzene rings is 1. The minimum Gasteiger partial charge on any atom is -0.316 e. The van der Waals surface area contributed by atoms with Crippen LogP contribution in [0.4, 0.5) is 0 Å². The van der Waals surface area contributed by atoms with Crippen LogP contribution in [0.5, 0.6) is 0 Å². The summed E-state index contributed by atoms with van der Waals surface area (Å²) in [4.78, 5) is 0. The van der Waals surface area contributed by atoms with Crippen LogP contribution in [-0.4, -0.2) is 22.9 Å². The first-order chi connectivity index (χ1) is 9.51. The Morgan fingerprint density at radius 1 is 1.10 bits per heavy atom. The van der Waals surface area contributed by atoms with Crippen LogP contribution in [0.2, 0.25) is 0 Å². The molecule has 0 spiro atoms. The molecule has 0 aliphatic carbocycles. The van der Waals surface area contributed by atoms with Crippen molar-refractivity contribution in [3.05, 3.63) is 52.3 Å². The quantitative estimate of drug-likeness (QED) is 0.906. The number of aromatic nitrogens is 2. The first kappa shape index (κ1) is 14.8. The minimum atomic E-state index is 0.444. The van der Waals surface area contributed by atoms with Gasteiger partial charge < -0.3 is 5.32 Å². The van der Waals surface area contributed by atoms with Crippen LogP contribution in [0, 0.1) is 20.8 Å². The van der Waals surface area contributed by atoms with Gasteiger partial charge in [-0.05, 0) is 51.8 Å². The molecule has 1 heterocycles. The van der Waals surface area contributed by atoms with Gasteiger partial charge in [0.05, 0.1) is 5.69 Å². The Morgan fingerprint density at radius 2 is 1.75 bits per heavy atom. The lowest BCUT2D eigenvalue weighted by molar-refractivity contribution is 0.553. The van der Waals surface area contributed by atoms with E-state index in [-0.39, 0.29) is 0 Å². The zero-order valence-corrected chi connectivity index (χ0v) is 13.2. The fraction of sp³-hybridized carbons (Fsp3) is 0.471. The van der Waals surface area contributed by atoms with Crippen molar-refractivity contribution >= 4 is 0 Å². The van der Waals surface area contributed by atoms with Crippen molar-refractivity contribution in [2.45, 2.75) is 39.7 Å². The smallest absolute Gasteiger partial charge is 0.0628 e. The van der Waals surface area contributed by atoms with Crippen LogP contribution in [-0.2, 0) is 19.9 Å². The van der Waals surface area contributed by atoms with E-state index < -0.39 is 0 Å². The van der Waals surface area contributed by atoms with Crippen molar-refractivity contribution in [2.24, 2.45) is 7.05 Å². The zero-order valence-electron chi connectivity index (χ0n) is 13.2. The molecule has 20 heavy (non-hydrogen) atoms. The Bertz CT molecular complexity index is 567. The Morgan fingerprint density at radius 3 is 2.25 bits per heavy atom. The predicted octanol–water partition coefficient (Wildman–Crippen LogP) is 2.72. The van der Waals surface area contributed by atoms with Crippen LogP contribution in [0.1, 0.15) is 28.1 Å². The second kappa shape index (κ2) is 6.23. The second-order valence-corrected chi connectivity index (χ2v) is 5.65. The molecule has 1 unspecified atom stereocenters. The molecule has 0 saturated carbocycles. The molecule has 0 saturated heterocycles. The normalized spacial score (nSPS) is 12.7. The molecule has 1 N–H and O–H groups in total. The Kier molecular flexibility index (Phi) is 4.61. The molecule has 108 valence electrons. The molecule has 1 aromatic carbocycles. The summed E-state index contributed by atoms with van der Waals surface area (Å²) in [6.45, 7) is 6.37. The average molecular weight is 271 g/mol. The fourth-order valence-electron chi connectivity index (χ4n) is 2.64. The van der Waals surface area contributed by atoms with E-state index in [1.807, 2.05) is 18.8 Å². The fourth-order valence-corrected chi connectivity index (χ4v) is 2.64. The lowest BCUT2D eigenvalue weighted by Gasteiger charge is -2.17. The summed E-state index contributed by atoms with van der Waals surface area (Å²) in [7, 11) is 4.06. The SMILES string of the molecule is CNC(Cc1ccc(C)cc1)Cc1c(C)nn(C)c1C. The van der Waals surface area contributed by atoms with E-state index in [0.29, 0.717) is 6.04 Å². The molecular weight excluding hydrogens is 246 g/mol. The van der Waals surface area contributed by atoms with Gasteiger partial charge in [-0.3, -0.25) is 4.68 Å².